The summed E-state index contributed by atoms with van der Waals surface area (Å²) >= 11 is 0. The van der Waals surface area contributed by atoms with Crippen LogP contribution in [-0.2, 0) is 25.8 Å². The molecule has 0 saturated carbocycles. The Morgan fingerprint density at radius 3 is 2.70 bits per heavy atom. The van der Waals surface area contributed by atoms with Crippen LogP contribution in [0.1, 0.15) is 32.3 Å². The van der Waals surface area contributed by atoms with Crippen LogP contribution >= 0.6 is 0 Å². The Bertz CT molecular complexity index is 713. The van der Waals surface area contributed by atoms with Crippen LogP contribution in [0.15, 0.2) is 23.1 Å². The van der Waals surface area contributed by atoms with Gasteiger partial charge in [-0.1, -0.05) is 6.92 Å². The lowest BCUT2D eigenvalue weighted by atomic mass is 10.2. The summed E-state index contributed by atoms with van der Waals surface area (Å²) < 4.78 is 24.7. The number of hydrogen-bond donors (Lipinski definition) is 1. The number of nitrogens with zero attached hydrogens (tertiary/aromatic N) is 1. The minimum Gasteiger partial charge on any atom is -0.356 e. The predicted octanol–water partition coefficient (Wildman–Crippen LogP) is 1.29. The van der Waals surface area contributed by atoms with Gasteiger partial charge in [-0.3, -0.25) is 9.59 Å². The number of nitrogens with one attached hydrogen (secondary N) is 1. The Morgan fingerprint density at radius 1 is 1.30 bits per heavy atom. The van der Waals surface area contributed by atoms with Gasteiger partial charge < -0.3 is 10.2 Å². The van der Waals surface area contributed by atoms with E-state index in [9.17, 15) is 18.0 Å². The average molecular weight is 338 g/mol. The van der Waals surface area contributed by atoms with Crippen molar-refractivity contribution in [2.75, 3.05) is 23.7 Å². The van der Waals surface area contributed by atoms with Gasteiger partial charge in [0.1, 0.15) is 0 Å². The second kappa shape index (κ2) is 7.12. The average Bonchev–Trinajstić information content (AvgIpc) is 2.94. The van der Waals surface area contributed by atoms with E-state index in [0.717, 1.165) is 17.7 Å². The summed E-state index contributed by atoms with van der Waals surface area (Å²) in [5.41, 5.74) is 1.63. The zero-order chi connectivity index (χ0) is 17.0. The first kappa shape index (κ1) is 17.5. The molecule has 1 aliphatic heterocycles. The quantitative estimate of drug-likeness (QED) is 0.847. The minimum absolute atomic E-state index is 0.0427. The lowest BCUT2D eigenvalue weighted by Crippen LogP contribution is -2.26. The van der Waals surface area contributed by atoms with Crippen molar-refractivity contribution < 1.29 is 18.0 Å². The van der Waals surface area contributed by atoms with Crippen LogP contribution in [0.5, 0.6) is 0 Å². The lowest BCUT2D eigenvalue weighted by Gasteiger charge is -2.15. The molecule has 126 valence electrons. The van der Waals surface area contributed by atoms with Crippen molar-refractivity contribution in [2.45, 2.75) is 38.0 Å². The summed E-state index contributed by atoms with van der Waals surface area (Å²) in [6, 6.07) is 4.81. The number of anilines is 1. The molecule has 1 heterocycles. The van der Waals surface area contributed by atoms with Crippen LogP contribution < -0.4 is 10.2 Å². The molecule has 0 radical (unpaired) electrons. The molecule has 7 heteroatoms. The fourth-order valence-corrected chi connectivity index (χ4v) is 3.88. The van der Waals surface area contributed by atoms with Crippen molar-refractivity contribution in [3.63, 3.8) is 0 Å². The first-order valence-corrected chi connectivity index (χ1v) is 9.41. The second-order valence-corrected chi connectivity index (χ2v) is 7.74. The molecule has 0 aliphatic carbocycles. The normalized spacial score (nSPS) is 13.7. The summed E-state index contributed by atoms with van der Waals surface area (Å²) in [4.78, 5) is 24.9. The van der Waals surface area contributed by atoms with Crippen molar-refractivity contribution in [3.05, 3.63) is 23.8 Å². The largest absolute Gasteiger partial charge is 0.356 e. The maximum absolute atomic E-state index is 12.4. The van der Waals surface area contributed by atoms with Gasteiger partial charge >= 0.3 is 0 Å². The van der Waals surface area contributed by atoms with E-state index in [1.807, 2.05) is 6.92 Å². The van der Waals surface area contributed by atoms with Crippen LogP contribution in [0.3, 0.4) is 0 Å². The SMILES string of the molecule is CCCNC(=O)CCS(=O)(=O)c1ccc2c(c1)CCN2C(C)=O. The zero-order valence-corrected chi connectivity index (χ0v) is 14.3. The monoisotopic (exact) mass is 338 g/mol. The van der Waals surface area contributed by atoms with Crippen molar-refractivity contribution in [1.82, 2.24) is 5.32 Å². The summed E-state index contributed by atoms with van der Waals surface area (Å²) in [5.74, 6) is -0.510. The first-order chi connectivity index (χ1) is 10.8. The van der Waals surface area contributed by atoms with Crippen LogP contribution in [0, 0.1) is 0 Å². The number of fused-ring (bicyclic) bond motifs is 1. The molecule has 1 aromatic rings. The number of carbonyl (C=O) groups is 2. The number of carbonyl (C=O) groups excluding carboxylic acids is 2. The third-order valence-electron chi connectivity index (χ3n) is 3.86. The van der Waals surface area contributed by atoms with Crippen LogP contribution in [0.2, 0.25) is 0 Å². The summed E-state index contributed by atoms with van der Waals surface area (Å²) in [5, 5.41) is 2.67. The van der Waals surface area contributed by atoms with Crippen molar-refractivity contribution in [1.29, 1.82) is 0 Å². The Hall–Kier alpha value is -1.89. The highest BCUT2D eigenvalue weighted by molar-refractivity contribution is 7.91. The van der Waals surface area contributed by atoms with E-state index in [2.05, 4.69) is 5.32 Å². The van der Waals surface area contributed by atoms with Gasteiger partial charge in [0.15, 0.2) is 9.84 Å². The number of sulfone groups is 1. The Kier molecular flexibility index (Phi) is 5.41. The van der Waals surface area contributed by atoms with Gasteiger partial charge in [0.2, 0.25) is 11.8 Å². The van der Waals surface area contributed by atoms with E-state index >= 15 is 0 Å². The first-order valence-electron chi connectivity index (χ1n) is 7.75. The van der Waals surface area contributed by atoms with Crippen molar-refractivity contribution in [2.24, 2.45) is 0 Å². The molecular weight excluding hydrogens is 316 g/mol. The molecule has 6 nitrogen and oxygen atoms in total. The lowest BCUT2D eigenvalue weighted by molar-refractivity contribution is -0.120. The third kappa shape index (κ3) is 4.10. The number of rotatable bonds is 6. The molecule has 2 amide bonds. The van der Waals surface area contributed by atoms with Crippen LogP contribution in [0.4, 0.5) is 5.69 Å². The number of amides is 2. The van der Waals surface area contributed by atoms with E-state index in [0.29, 0.717) is 19.5 Å². The molecule has 0 fully saturated rings. The molecule has 0 unspecified atom stereocenters. The van der Waals surface area contributed by atoms with Gasteiger partial charge in [-0.25, -0.2) is 8.42 Å². The number of hydrogen-bond acceptors (Lipinski definition) is 4. The van der Waals surface area contributed by atoms with Crippen molar-refractivity contribution >= 4 is 27.3 Å². The van der Waals surface area contributed by atoms with E-state index in [4.69, 9.17) is 0 Å². The molecule has 0 bridgehead atoms. The Morgan fingerprint density at radius 2 is 2.04 bits per heavy atom. The van der Waals surface area contributed by atoms with E-state index in [-0.39, 0.29) is 28.9 Å². The van der Waals surface area contributed by atoms with E-state index in [1.54, 1.807) is 17.0 Å². The highest BCUT2D eigenvalue weighted by Gasteiger charge is 2.25. The van der Waals surface area contributed by atoms with Gasteiger partial charge in [-0.15, -0.1) is 0 Å². The molecule has 0 saturated heterocycles. The van der Waals surface area contributed by atoms with Gasteiger partial charge in [-0.2, -0.15) is 0 Å². The molecule has 0 aromatic heterocycles. The maximum Gasteiger partial charge on any atom is 0.223 e. The molecule has 0 spiro atoms. The van der Waals surface area contributed by atoms with Gasteiger partial charge in [0, 0.05) is 32.1 Å². The summed E-state index contributed by atoms with van der Waals surface area (Å²) in [7, 11) is -3.50. The number of benzene rings is 1. The van der Waals surface area contributed by atoms with Crippen LogP contribution in [0.25, 0.3) is 0 Å². The molecular formula is C16H22N2O4S. The maximum atomic E-state index is 12.4. The summed E-state index contributed by atoms with van der Waals surface area (Å²) in [6.45, 7) is 4.56. The zero-order valence-electron chi connectivity index (χ0n) is 13.5. The van der Waals surface area contributed by atoms with E-state index in [1.165, 1.54) is 13.0 Å². The molecule has 1 aliphatic rings. The second-order valence-electron chi connectivity index (χ2n) is 5.63. The fourth-order valence-electron chi connectivity index (χ4n) is 2.60. The Balaban J connectivity index is 2.10. The Labute approximate surface area is 136 Å². The van der Waals surface area contributed by atoms with Gasteiger partial charge in [-0.05, 0) is 36.6 Å². The predicted molar refractivity (Wildman–Crippen MR) is 88.1 cm³/mol. The highest BCUT2D eigenvalue weighted by Crippen LogP contribution is 2.30. The van der Waals surface area contributed by atoms with Gasteiger partial charge in [0.25, 0.3) is 0 Å². The molecule has 1 N–H and O–H groups in total. The fraction of sp³-hybridized carbons (Fsp3) is 0.500. The highest BCUT2D eigenvalue weighted by atomic mass is 32.2. The molecule has 0 atom stereocenters. The topological polar surface area (TPSA) is 83.6 Å². The van der Waals surface area contributed by atoms with E-state index < -0.39 is 9.84 Å². The third-order valence-corrected chi connectivity index (χ3v) is 5.57. The molecule has 1 aromatic carbocycles. The van der Waals surface area contributed by atoms with Crippen molar-refractivity contribution in [3.8, 4) is 0 Å². The molecule has 23 heavy (non-hydrogen) atoms. The standard InChI is InChI=1S/C16H22N2O4S/c1-3-8-17-16(20)7-10-23(21,22)14-4-5-15-13(11-14)6-9-18(15)12(2)19/h4-5,11H,3,6-10H2,1-2H3,(H,17,20). The van der Waals surface area contributed by atoms with Gasteiger partial charge in [0.05, 0.1) is 10.6 Å². The minimum atomic E-state index is -3.50. The summed E-state index contributed by atoms with van der Waals surface area (Å²) in [6.07, 6.45) is 1.42. The van der Waals surface area contributed by atoms with Crippen LogP contribution in [-0.4, -0.2) is 39.1 Å². The smallest absolute Gasteiger partial charge is 0.223 e. The molecule has 2 rings (SSSR count).